The molecule has 0 atom stereocenters. The van der Waals surface area contributed by atoms with E-state index in [-0.39, 0.29) is 6.54 Å². The second-order valence-electron chi connectivity index (χ2n) is 9.90. The topological polar surface area (TPSA) is 115 Å². The van der Waals surface area contributed by atoms with Crippen LogP contribution in [-0.2, 0) is 30.9 Å². The number of aromatic amines is 1. The number of H-pyrrole nitrogens is 1. The maximum absolute atomic E-state index is 12.7. The zero-order valence-corrected chi connectivity index (χ0v) is 21.8. The summed E-state index contributed by atoms with van der Waals surface area (Å²) in [7, 11) is 0. The molecule has 1 aliphatic rings. The number of rotatable bonds is 7. The molecule has 0 radical (unpaired) electrons. The third-order valence-corrected chi connectivity index (χ3v) is 7.51. The average molecular weight is 525 g/mol. The van der Waals surface area contributed by atoms with Crippen LogP contribution in [0.4, 0.5) is 0 Å². The summed E-state index contributed by atoms with van der Waals surface area (Å²) in [6, 6.07) is 20.2. The van der Waals surface area contributed by atoms with Crippen LogP contribution in [0.3, 0.4) is 0 Å². The Balaban J connectivity index is 1.39. The van der Waals surface area contributed by atoms with E-state index in [0.717, 1.165) is 68.3 Å². The third kappa shape index (κ3) is 4.66. The Morgan fingerprint density at radius 2 is 1.90 bits per heavy atom. The molecule has 0 amide bonds. The summed E-state index contributed by atoms with van der Waals surface area (Å²) in [5.41, 5.74) is 11.6. The molecule has 5 aromatic rings. The molecule has 8 nitrogen and oxygen atoms in total. The fourth-order valence-electron chi connectivity index (χ4n) is 5.80. The molecule has 200 valence electrons. The van der Waals surface area contributed by atoms with Crippen molar-refractivity contribution in [3.8, 4) is 16.9 Å². The van der Waals surface area contributed by atoms with Gasteiger partial charge in [-0.2, -0.15) is 5.10 Å². The minimum absolute atomic E-state index is 0.271. The number of nitrogens with zero attached hydrogens (tertiary/aromatic N) is 2. The van der Waals surface area contributed by atoms with Gasteiger partial charge >= 0.3 is 5.97 Å². The number of nitrogens with one attached hydrogen (secondary N) is 1. The summed E-state index contributed by atoms with van der Waals surface area (Å²) in [6.45, 7) is 2.35. The molecule has 0 aliphatic carbocycles. The number of carboxylic acids is 1. The van der Waals surface area contributed by atoms with Crippen LogP contribution < -0.4 is 10.5 Å². The molecule has 0 fully saturated rings. The number of hydrogen-bond acceptors (Lipinski definition) is 5. The number of hydrogen-bond donors (Lipinski definition) is 3. The summed E-state index contributed by atoms with van der Waals surface area (Å²) in [4.78, 5) is 12.7. The van der Waals surface area contributed by atoms with Gasteiger partial charge in [0.2, 0.25) is 0 Å². The fourth-order valence-corrected chi connectivity index (χ4v) is 5.80. The van der Waals surface area contributed by atoms with Gasteiger partial charge < -0.3 is 24.9 Å². The van der Waals surface area contributed by atoms with Crippen molar-refractivity contribution >= 4 is 27.6 Å². The standard InChI is InChI=1S/C31H32N4O4/c32-18-25-28-24-12-6-11-22-23(13-7-17-39-27-14-5-9-20-8-1-2-10-21(20)27)30(31(36)37)35(29(22)24)15-3-4-16-38-19-26(28)34-33-25/h1-2,5-6,8-12,14H,3-4,7,13,15-19,32H2,(H,33,34)(H,36,37). The van der Waals surface area contributed by atoms with E-state index >= 15 is 0 Å². The number of carbonyl (C=O) groups is 1. The molecule has 6 rings (SSSR count). The maximum atomic E-state index is 12.7. The van der Waals surface area contributed by atoms with E-state index < -0.39 is 5.97 Å². The number of aryl methyl sites for hydroxylation is 2. The zero-order chi connectivity index (χ0) is 26.8. The first kappa shape index (κ1) is 25.2. The van der Waals surface area contributed by atoms with E-state index in [1.165, 1.54) is 0 Å². The van der Waals surface area contributed by atoms with Crippen LogP contribution in [0.1, 0.15) is 46.7 Å². The number of carboxylic acid groups (broad SMARTS) is 1. The Kier molecular flexibility index (Phi) is 7.04. The Bertz CT molecular complexity index is 1650. The lowest BCUT2D eigenvalue weighted by atomic mass is 9.98. The summed E-state index contributed by atoms with van der Waals surface area (Å²) < 4.78 is 14.1. The van der Waals surface area contributed by atoms with Crippen LogP contribution in [0.25, 0.3) is 32.8 Å². The monoisotopic (exact) mass is 524 g/mol. The zero-order valence-electron chi connectivity index (χ0n) is 21.8. The first-order valence-electron chi connectivity index (χ1n) is 13.5. The van der Waals surface area contributed by atoms with Gasteiger partial charge in [0.15, 0.2) is 0 Å². The lowest BCUT2D eigenvalue weighted by Crippen LogP contribution is -2.12. The van der Waals surface area contributed by atoms with Gasteiger partial charge in [-0.15, -0.1) is 0 Å². The SMILES string of the molecule is NCc1n[nH]c2c1-c1cccc3c(CCCOc4cccc5ccccc45)c(C(=O)O)n(c13)CCCCOC2. The van der Waals surface area contributed by atoms with E-state index in [1.54, 1.807) is 0 Å². The van der Waals surface area contributed by atoms with E-state index in [0.29, 0.717) is 44.9 Å². The summed E-state index contributed by atoms with van der Waals surface area (Å²) in [6.07, 6.45) is 2.93. The van der Waals surface area contributed by atoms with Gasteiger partial charge in [0, 0.05) is 41.6 Å². The molecule has 3 heterocycles. The molecular weight excluding hydrogens is 492 g/mol. The molecular formula is C31H32N4O4. The van der Waals surface area contributed by atoms with Gasteiger partial charge in [0.25, 0.3) is 0 Å². The first-order valence-corrected chi connectivity index (χ1v) is 13.5. The lowest BCUT2D eigenvalue weighted by molar-refractivity contribution is 0.0683. The normalized spacial score (nSPS) is 13.8. The molecule has 8 heteroatoms. The van der Waals surface area contributed by atoms with Crippen molar-refractivity contribution in [1.29, 1.82) is 0 Å². The molecule has 3 aromatic carbocycles. The minimum atomic E-state index is -0.917. The van der Waals surface area contributed by atoms with Crippen LogP contribution in [0, 0.1) is 0 Å². The fraction of sp³-hybridized carbons (Fsp3) is 0.290. The maximum Gasteiger partial charge on any atom is 0.352 e. The number of fused-ring (bicyclic) bond motifs is 3. The Morgan fingerprint density at radius 1 is 1.08 bits per heavy atom. The predicted octanol–water partition coefficient (Wildman–Crippen LogP) is 5.66. The van der Waals surface area contributed by atoms with Gasteiger partial charge in [-0.05, 0) is 42.7 Å². The first-order chi connectivity index (χ1) is 19.2. The molecule has 0 spiro atoms. The van der Waals surface area contributed by atoms with Crippen molar-refractivity contribution < 1.29 is 19.4 Å². The summed E-state index contributed by atoms with van der Waals surface area (Å²) in [5, 5.41) is 21.1. The lowest BCUT2D eigenvalue weighted by Gasteiger charge is -2.12. The Labute approximate surface area is 226 Å². The van der Waals surface area contributed by atoms with E-state index in [4.69, 9.17) is 15.2 Å². The number of nitrogens with two attached hydrogens (primary N) is 1. The van der Waals surface area contributed by atoms with Gasteiger partial charge in [-0.3, -0.25) is 5.10 Å². The molecule has 0 unspecified atom stereocenters. The van der Waals surface area contributed by atoms with Crippen molar-refractivity contribution in [3.63, 3.8) is 0 Å². The van der Waals surface area contributed by atoms with Crippen LogP contribution in [0.15, 0.2) is 60.7 Å². The molecule has 0 bridgehead atoms. The minimum Gasteiger partial charge on any atom is -0.493 e. The van der Waals surface area contributed by atoms with Crippen molar-refractivity contribution in [2.24, 2.45) is 5.73 Å². The van der Waals surface area contributed by atoms with Crippen LogP contribution >= 0.6 is 0 Å². The highest BCUT2D eigenvalue weighted by Crippen LogP contribution is 2.38. The van der Waals surface area contributed by atoms with Crippen LogP contribution in [-0.4, -0.2) is 39.1 Å². The van der Waals surface area contributed by atoms with E-state index in [1.807, 2.05) is 47.0 Å². The number of aromatic carboxylic acids is 1. The third-order valence-electron chi connectivity index (χ3n) is 7.51. The summed E-state index contributed by atoms with van der Waals surface area (Å²) in [5.74, 6) is -0.0746. The average Bonchev–Trinajstić information content (AvgIpc) is 3.50. The largest absolute Gasteiger partial charge is 0.493 e. The molecule has 39 heavy (non-hydrogen) atoms. The molecule has 0 saturated carbocycles. The van der Waals surface area contributed by atoms with E-state index in [9.17, 15) is 9.90 Å². The molecule has 2 aromatic heterocycles. The number of aromatic nitrogens is 3. The van der Waals surface area contributed by atoms with Gasteiger partial charge in [-0.25, -0.2) is 4.79 Å². The van der Waals surface area contributed by atoms with Crippen molar-refractivity contribution in [3.05, 3.63) is 83.3 Å². The smallest absolute Gasteiger partial charge is 0.352 e. The van der Waals surface area contributed by atoms with Gasteiger partial charge in [0.05, 0.1) is 30.1 Å². The Hall–Kier alpha value is -4.14. The molecule has 4 N–H and O–H groups in total. The van der Waals surface area contributed by atoms with Crippen molar-refractivity contribution in [2.75, 3.05) is 13.2 Å². The highest BCUT2D eigenvalue weighted by atomic mass is 16.5. The number of ether oxygens (including phenoxy) is 2. The number of para-hydroxylation sites is 1. The van der Waals surface area contributed by atoms with Crippen LogP contribution in [0.5, 0.6) is 5.75 Å². The predicted molar refractivity (Wildman–Crippen MR) is 151 cm³/mol. The van der Waals surface area contributed by atoms with E-state index in [2.05, 4.69) is 28.4 Å². The van der Waals surface area contributed by atoms with Crippen molar-refractivity contribution in [2.45, 2.75) is 45.4 Å². The highest BCUT2D eigenvalue weighted by molar-refractivity contribution is 6.04. The molecule has 0 saturated heterocycles. The number of benzene rings is 3. The van der Waals surface area contributed by atoms with Crippen molar-refractivity contribution in [1.82, 2.24) is 14.8 Å². The highest BCUT2D eigenvalue weighted by Gasteiger charge is 2.26. The summed E-state index contributed by atoms with van der Waals surface area (Å²) >= 11 is 0. The molecule has 1 aliphatic heterocycles. The van der Waals surface area contributed by atoms with Gasteiger partial charge in [-0.1, -0.05) is 54.6 Å². The second kappa shape index (κ2) is 10.9. The quantitative estimate of drug-likeness (QED) is 0.237. The van der Waals surface area contributed by atoms with Gasteiger partial charge in [0.1, 0.15) is 11.4 Å². The van der Waals surface area contributed by atoms with Crippen LogP contribution in [0.2, 0.25) is 0 Å². The second-order valence-corrected chi connectivity index (χ2v) is 9.90. The Morgan fingerprint density at radius 3 is 2.77 bits per heavy atom.